The van der Waals surface area contributed by atoms with Gasteiger partial charge in [0.15, 0.2) is 0 Å². The van der Waals surface area contributed by atoms with Crippen molar-refractivity contribution in [1.29, 1.82) is 0 Å². The van der Waals surface area contributed by atoms with Crippen molar-refractivity contribution >= 4 is 21.6 Å². The van der Waals surface area contributed by atoms with Crippen LogP contribution < -0.4 is 15.0 Å². The Bertz CT molecular complexity index is 1110. The Kier molecular flexibility index (Phi) is 4.85. The van der Waals surface area contributed by atoms with E-state index in [1.165, 1.54) is 25.3 Å². The third kappa shape index (κ3) is 3.62. The maximum absolute atomic E-state index is 13.0. The molecule has 2 bridgehead atoms. The average molecular weight is 417 g/mol. The van der Waals surface area contributed by atoms with Gasteiger partial charge < -0.3 is 14.2 Å². The maximum Gasteiger partial charge on any atom is 0.275 e. The molecular formula is C20H23N3O5S. The molecular weight excluding hydrogens is 394 g/mol. The molecule has 154 valence electrons. The number of piperidine rings is 1. The molecule has 1 aromatic carbocycles. The molecule has 1 amide bonds. The average Bonchev–Trinajstić information content (AvgIpc) is 2.70. The van der Waals surface area contributed by atoms with Crippen LogP contribution >= 0.6 is 0 Å². The molecule has 9 heteroatoms. The molecule has 0 spiro atoms. The number of ether oxygens (including phenoxy) is 1. The Balaban J connectivity index is 1.63. The molecule has 1 saturated heterocycles. The number of carbonyl (C=O) groups is 1. The van der Waals surface area contributed by atoms with E-state index in [1.807, 2.05) is 4.90 Å². The molecule has 1 aromatic heterocycles. The van der Waals surface area contributed by atoms with Crippen molar-refractivity contribution in [3.05, 3.63) is 52.4 Å². The number of nitrogens with one attached hydrogen (secondary N) is 1. The first-order valence-corrected chi connectivity index (χ1v) is 10.9. The van der Waals surface area contributed by atoms with Crippen LogP contribution in [0, 0.1) is 5.92 Å². The minimum absolute atomic E-state index is 0.0213. The number of pyridine rings is 1. The number of carbonyl (C=O) groups excluding carboxylic acids is 1. The van der Waals surface area contributed by atoms with Crippen LogP contribution in [0.4, 0.5) is 5.69 Å². The first-order chi connectivity index (χ1) is 13.8. The fourth-order valence-corrected chi connectivity index (χ4v) is 5.30. The second-order valence-corrected chi connectivity index (χ2v) is 9.27. The van der Waals surface area contributed by atoms with E-state index in [2.05, 4.69) is 4.72 Å². The topological polar surface area (TPSA) is 97.7 Å². The van der Waals surface area contributed by atoms with E-state index in [0.717, 1.165) is 12.1 Å². The fourth-order valence-electron chi connectivity index (χ4n) is 4.24. The smallest absolute Gasteiger partial charge is 0.275 e. The van der Waals surface area contributed by atoms with E-state index in [1.54, 1.807) is 29.7 Å². The van der Waals surface area contributed by atoms with Crippen molar-refractivity contribution in [3.8, 4) is 5.75 Å². The van der Waals surface area contributed by atoms with Crippen molar-refractivity contribution in [2.45, 2.75) is 30.7 Å². The highest BCUT2D eigenvalue weighted by Crippen LogP contribution is 2.35. The predicted octanol–water partition coefficient (Wildman–Crippen LogP) is 1.62. The number of fused-ring (bicyclic) bond motifs is 4. The molecule has 2 atom stereocenters. The number of benzene rings is 1. The summed E-state index contributed by atoms with van der Waals surface area (Å²) in [6, 6.07) is 9.27. The second kappa shape index (κ2) is 7.22. The summed E-state index contributed by atoms with van der Waals surface area (Å²) in [6.07, 6.45) is 0.931. The normalized spacial score (nSPS) is 20.7. The standard InChI is InChI=1S/C20H23N3O5S/c1-13(24)22-10-14-9-15(12-22)19-8-7-18(20(25)23(19)11-14)21-29(26,27)17-5-3-16(28-2)4-6-17/h3-8,14-15,21H,9-12H2,1-2H3/t14-,15+/m0/s1. The maximum atomic E-state index is 13.0. The van der Waals surface area contributed by atoms with Crippen LogP contribution in [-0.2, 0) is 21.4 Å². The lowest BCUT2D eigenvalue weighted by molar-refractivity contribution is -0.131. The minimum atomic E-state index is -3.90. The lowest BCUT2D eigenvalue weighted by Gasteiger charge is -2.42. The van der Waals surface area contributed by atoms with E-state index >= 15 is 0 Å². The zero-order valence-corrected chi connectivity index (χ0v) is 17.1. The number of sulfonamides is 1. The second-order valence-electron chi connectivity index (χ2n) is 7.59. The van der Waals surface area contributed by atoms with E-state index in [0.29, 0.717) is 25.4 Å². The summed E-state index contributed by atoms with van der Waals surface area (Å²) >= 11 is 0. The highest BCUT2D eigenvalue weighted by molar-refractivity contribution is 7.92. The summed E-state index contributed by atoms with van der Waals surface area (Å²) in [5, 5.41) is 0. The zero-order chi connectivity index (χ0) is 20.8. The third-order valence-electron chi connectivity index (χ3n) is 5.66. The number of aromatic nitrogens is 1. The molecule has 2 aromatic rings. The van der Waals surface area contributed by atoms with Crippen LogP contribution in [0.25, 0.3) is 0 Å². The Morgan fingerprint density at radius 1 is 1.10 bits per heavy atom. The molecule has 0 aliphatic carbocycles. The molecule has 2 aliphatic rings. The number of rotatable bonds is 4. The number of hydrogen-bond acceptors (Lipinski definition) is 5. The van der Waals surface area contributed by atoms with E-state index in [-0.39, 0.29) is 33.9 Å². The lowest BCUT2D eigenvalue weighted by Crippen LogP contribution is -2.48. The lowest BCUT2D eigenvalue weighted by atomic mass is 9.83. The van der Waals surface area contributed by atoms with Gasteiger partial charge in [-0.05, 0) is 48.7 Å². The van der Waals surface area contributed by atoms with Crippen LogP contribution in [0.3, 0.4) is 0 Å². The number of anilines is 1. The quantitative estimate of drug-likeness (QED) is 0.815. The molecule has 8 nitrogen and oxygen atoms in total. The van der Waals surface area contributed by atoms with E-state index in [4.69, 9.17) is 4.74 Å². The summed E-state index contributed by atoms with van der Waals surface area (Å²) in [5.41, 5.74) is 0.517. The summed E-state index contributed by atoms with van der Waals surface area (Å²) in [5.74, 6) is 0.867. The molecule has 29 heavy (non-hydrogen) atoms. The molecule has 1 fully saturated rings. The van der Waals surface area contributed by atoms with Gasteiger partial charge in [0.05, 0.1) is 12.0 Å². The Labute approximate surface area is 169 Å². The Hall–Kier alpha value is -2.81. The van der Waals surface area contributed by atoms with Crippen molar-refractivity contribution in [2.24, 2.45) is 5.92 Å². The van der Waals surface area contributed by atoms with Crippen LogP contribution in [0.15, 0.2) is 46.1 Å². The van der Waals surface area contributed by atoms with Gasteiger partial charge in [0.1, 0.15) is 11.4 Å². The van der Waals surface area contributed by atoms with Crippen molar-refractivity contribution < 1.29 is 17.9 Å². The molecule has 3 heterocycles. The number of amides is 1. The largest absolute Gasteiger partial charge is 0.497 e. The summed E-state index contributed by atoms with van der Waals surface area (Å²) < 4.78 is 34.5. The van der Waals surface area contributed by atoms with Gasteiger partial charge in [-0.25, -0.2) is 8.42 Å². The van der Waals surface area contributed by atoms with Gasteiger partial charge >= 0.3 is 0 Å². The zero-order valence-electron chi connectivity index (χ0n) is 16.3. The SMILES string of the molecule is COc1ccc(S(=O)(=O)Nc2ccc3n(c2=O)C[C@H]2C[C@@H]3CN(C(C)=O)C2)cc1. The number of methoxy groups -OCH3 is 1. The van der Waals surface area contributed by atoms with Gasteiger partial charge in [0.2, 0.25) is 5.91 Å². The molecule has 0 unspecified atom stereocenters. The monoisotopic (exact) mass is 417 g/mol. The summed E-state index contributed by atoms with van der Waals surface area (Å²) in [4.78, 5) is 26.6. The molecule has 2 aliphatic heterocycles. The van der Waals surface area contributed by atoms with Gasteiger partial charge in [-0.15, -0.1) is 0 Å². The van der Waals surface area contributed by atoms with Crippen LogP contribution in [0.2, 0.25) is 0 Å². The molecule has 0 saturated carbocycles. The number of likely N-dealkylation sites (tertiary alicyclic amines) is 1. The van der Waals surface area contributed by atoms with Crippen LogP contribution in [0.5, 0.6) is 5.75 Å². The molecule has 0 radical (unpaired) electrons. The van der Waals surface area contributed by atoms with Gasteiger partial charge in [-0.3, -0.25) is 14.3 Å². The summed E-state index contributed by atoms with van der Waals surface area (Å²) in [7, 11) is -2.40. The number of hydrogen-bond donors (Lipinski definition) is 1. The first-order valence-electron chi connectivity index (χ1n) is 9.44. The van der Waals surface area contributed by atoms with Crippen LogP contribution in [-0.4, -0.2) is 44.0 Å². The number of nitrogens with zero attached hydrogens (tertiary/aromatic N) is 2. The van der Waals surface area contributed by atoms with Gasteiger partial charge in [-0.1, -0.05) is 0 Å². The fraction of sp³-hybridized carbons (Fsp3) is 0.400. The van der Waals surface area contributed by atoms with Crippen molar-refractivity contribution in [1.82, 2.24) is 9.47 Å². The van der Waals surface area contributed by atoms with Gasteiger partial charge in [-0.2, -0.15) is 0 Å². The van der Waals surface area contributed by atoms with Crippen molar-refractivity contribution in [2.75, 3.05) is 24.9 Å². The van der Waals surface area contributed by atoms with Crippen molar-refractivity contribution in [3.63, 3.8) is 0 Å². The van der Waals surface area contributed by atoms with E-state index < -0.39 is 10.0 Å². The third-order valence-corrected chi connectivity index (χ3v) is 7.05. The van der Waals surface area contributed by atoms with Crippen LogP contribution in [0.1, 0.15) is 25.0 Å². The van der Waals surface area contributed by atoms with Gasteiger partial charge in [0.25, 0.3) is 15.6 Å². The highest BCUT2D eigenvalue weighted by Gasteiger charge is 2.36. The Morgan fingerprint density at radius 3 is 2.48 bits per heavy atom. The minimum Gasteiger partial charge on any atom is -0.497 e. The Morgan fingerprint density at radius 2 is 1.83 bits per heavy atom. The summed E-state index contributed by atoms with van der Waals surface area (Å²) in [6.45, 7) is 3.25. The predicted molar refractivity (Wildman–Crippen MR) is 108 cm³/mol. The van der Waals surface area contributed by atoms with E-state index in [9.17, 15) is 18.0 Å². The highest BCUT2D eigenvalue weighted by atomic mass is 32.2. The molecule has 4 rings (SSSR count). The first kappa shape index (κ1) is 19.5. The van der Waals surface area contributed by atoms with Gasteiger partial charge in [0, 0.05) is 38.2 Å². The molecule has 1 N–H and O–H groups in total.